The van der Waals surface area contributed by atoms with Crippen molar-refractivity contribution < 1.29 is 23.5 Å². The molecule has 28 heavy (non-hydrogen) atoms. The summed E-state index contributed by atoms with van der Waals surface area (Å²) >= 11 is 0. The van der Waals surface area contributed by atoms with Crippen LogP contribution in [0.1, 0.15) is 19.7 Å². The summed E-state index contributed by atoms with van der Waals surface area (Å²) in [6.45, 7) is 3.81. The molecular weight excluding hydrogens is 360 g/mol. The minimum absolute atomic E-state index is 0.279. The number of hydrogen-bond acceptors (Lipinski definition) is 6. The van der Waals surface area contributed by atoms with Gasteiger partial charge in [-0.1, -0.05) is 24.3 Å². The molecule has 0 fully saturated rings. The lowest BCUT2D eigenvalue weighted by Crippen LogP contribution is -2.29. The zero-order valence-electron chi connectivity index (χ0n) is 15.5. The average Bonchev–Trinajstić information content (AvgIpc) is 3.11. The SMILES string of the molecule is CCOc1ccccc1NC(=O)[C@H](C)OC(=O)/C=C/c1nc2ccccc2o1. The molecule has 0 radical (unpaired) electrons. The highest BCUT2D eigenvalue weighted by molar-refractivity contribution is 5.97. The Morgan fingerprint density at radius 2 is 1.93 bits per heavy atom. The van der Waals surface area contributed by atoms with Gasteiger partial charge in [0.1, 0.15) is 11.3 Å². The number of hydrogen-bond donors (Lipinski definition) is 1. The number of fused-ring (bicyclic) bond motifs is 1. The van der Waals surface area contributed by atoms with E-state index in [1.165, 1.54) is 19.1 Å². The van der Waals surface area contributed by atoms with E-state index in [9.17, 15) is 9.59 Å². The van der Waals surface area contributed by atoms with Gasteiger partial charge in [-0.3, -0.25) is 4.79 Å². The molecule has 144 valence electrons. The first-order valence-corrected chi connectivity index (χ1v) is 8.83. The molecule has 0 bridgehead atoms. The van der Waals surface area contributed by atoms with Gasteiger partial charge in [-0.25, -0.2) is 9.78 Å². The van der Waals surface area contributed by atoms with Crippen LogP contribution in [-0.4, -0.2) is 29.6 Å². The number of benzene rings is 2. The Kier molecular flexibility index (Phi) is 6.06. The highest BCUT2D eigenvalue weighted by Gasteiger charge is 2.18. The topological polar surface area (TPSA) is 90.7 Å². The number of carbonyl (C=O) groups is 2. The van der Waals surface area contributed by atoms with Crippen molar-refractivity contribution in [3.63, 3.8) is 0 Å². The van der Waals surface area contributed by atoms with Gasteiger partial charge in [-0.05, 0) is 38.1 Å². The molecule has 3 aromatic rings. The number of anilines is 1. The molecule has 1 heterocycles. The molecule has 1 aromatic heterocycles. The highest BCUT2D eigenvalue weighted by atomic mass is 16.5. The van der Waals surface area contributed by atoms with Gasteiger partial charge in [0.2, 0.25) is 5.89 Å². The van der Waals surface area contributed by atoms with Crippen LogP contribution in [0.2, 0.25) is 0 Å². The van der Waals surface area contributed by atoms with E-state index in [1.807, 2.05) is 19.1 Å². The molecule has 1 N–H and O–H groups in total. The summed E-state index contributed by atoms with van der Waals surface area (Å²) in [6, 6.07) is 14.3. The molecule has 7 heteroatoms. The Balaban J connectivity index is 1.58. The number of para-hydroxylation sites is 4. The fraction of sp³-hybridized carbons (Fsp3) is 0.190. The molecule has 0 aliphatic carbocycles. The van der Waals surface area contributed by atoms with Crippen LogP contribution in [0.15, 0.2) is 59.0 Å². The lowest BCUT2D eigenvalue weighted by Gasteiger charge is -2.14. The molecule has 0 aliphatic heterocycles. The van der Waals surface area contributed by atoms with Crippen LogP contribution in [0.3, 0.4) is 0 Å². The number of amides is 1. The van der Waals surface area contributed by atoms with E-state index in [0.29, 0.717) is 29.1 Å². The second kappa shape index (κ2) is 8.85. The maximum Gasteiger partial charge on any atom is 0.331 e. The number of aromatic nitrogens is 1. The Labute approximate surface area is 162 Å². The van der Waals surface area contributed by atoms with Gasteiger partial charge in [-0.15, -0.1) is 0 Å². The summed E-state index contributed by atoms with van der Waals surface area (Å²) in [4.78, 5) is 28.5. The first-order valence-electron chi connectivity index (χ1n) is 8.83. The first kappa shape index (κ1) is 19.2. The third-order valence-corrected chi connectivity index (χ3v) is 3.78. The van der Waals surface area contributed by atoms with E-state index in [-0.39, 0.29) is 5.89 Å². The third kappa shape index (κ3) is 4.76. The van der Waals surface area contributed by atoms with Gasteiger partial charge >= 0.3 is 5.97 Å². The second-order valence-corrected chi connectivity index (χ2v) is 5.85. The van der Waals surface area contributed by atoms with Crippen molar-refractivity contribution in [1.29, 1.82) is 0 Å². The maximum absolute atomic E-state index is 12.3. The van der Waals surface area contributed by atoms with Crippen LogP contribution in [-0.2, 0) is 14.3 Å². The van der Waals surface area contributed by atoms with Gasteiger partial charge in [-0.2, -0.15) is 0 Å². The van der Waals surface area contributed by atoms with Gasteiger partial charge < -0.3 is 19.2 Å². The molecule has 2 aromatic carbocycles. The summed E-state index contributed by atoms with van der Waals surface area (Å²) < 4.78 is 16.1. The largest absolute Gasteiger partial charge is 0.492 e. The van der Waals surface area contributed by atoms with Crippen molar-refractivity contribution in [2.24, 2.45) is 0 Å². The summed E-state index contributed by atoms with van der Waals surface area (Å²) in [5.41, 5.74) is 1.83. The molecule has 0 saturated heterocycles. The lowest BCUT2D eigenvalue weighted by molar-refractivity contribution is -0.148. The van der Waals surface area contributed by atoms with E-state index in [1.54, 1.807) is 36.4 Å². The number of nitrogens with zero attached hydrogens (tertiary/aromatic N) is 1. The first-order chi connectivity index (χ1) is 13.6. The fourth-order valence-corrected chi connectivity index (χ4v) is 2.45. The predicted molar refractivity (Wildman–Crippen MR) is 105 cm³/mol. The highest BCUT2D eigenvalue weighted by Crippen LogP contribution is 2.24. The van der Waals surface area contributed by atoms with Crippen molar-refractivity contribution in [3.8, 4) is 5.75 Å². The van der Waals surface area contributed by atoms with Crippen LogP contribution in [0, 0.1) is 0 Å². The van der Waals surface area contributed by atoms with Crippen molar-refractivity contribution >= 4 is 34.7 Å². The van der Waals surface area contributed by atoms with Crippen molar-refractivity contribution in [3.05, 3.63) is 60.5 Å². The standard InChI is InChI=1S/C21H20N2O5/c1-3-26-17-10-6-4-8-15(17)23-21(25)14(2)27-20(24)13-12-19-22-16-9-5-7-11-18(16)28-19/h4-14H,3H2,1-2H3,(H,23,25)/b13-12+/t14-/m0/s1. The molecule has 0 unspecified atom stereocenters. The van der Waals surface area contributed by atoms with E-state index >= 15 is 0 Å². The molecule has 0 aliphatic rings. The minimum atomic E-state index is -0.990. The van der Waals surface area contributed by atoms with Crippen molar-refractivity contribution in [1.82, 2.24) is 4.98 Å². The predicted octanol–water partition coefficient (Wildman–Crippen LogP) is 3.81. The number of carbonyl (C=O) groups excluding carboxylic acids is 2. The lowest BCUT2D eigenvalue weighted by atomic mass is 10.2. The normalized spacial score (nSPS) is 12.1. The Morgan fingerprint density at radius 1 is 1.18 bits per heavy atom. The summed E-state index contributed by atoms with van der Waals surface area (Å²) in [7, 11) is 0. The second-order valence-electron chi connectivity index (χ2n) is 5.85. The number of ether oxygens (including phenoxy) is 2. The monoisotopic (exact) mass is 380 g/mol. The number of oxazole rings is 1. The molecule has 0 spiro atoms. The summed E-state index contributed by atoms with van der Waals surface area (Å²) in [5, 5.41) is 2.70. The average molecular weight is 380 g/mol. The van der Waals surface area contributed by atoms with Crippen LogP contribution in [0.5, 0.6) is 5.75 Å². The van der Waals surface area contributed by atoms with Gasteiger partial charge in [0, 0.05) is 12.2 Å². The van der Waals surface area contributed by atoms with E-state index < -0.39 is 18.0 Å². The van der Waals surface area contributed by atoms with E-state index in [4.69, 9.17) is 13.9 Å². The van der Waals surface area contributed by atoms with Crippen molar-refractivity contribution in [2.75, 3.05) is 11.9 Å². The molecule has 1 atom stereocenters. The summed E-state index contributed by atoms with van der Waals surface area (Å²) in [5.74, 6) is -0.313. The fourth-order valence-electron chi connectivity index (χ4n) is 2.45. The smallest absolute Gasteiger partial charge is 0.331 e. The molecule has 1 amide bonds. The number of nitrogens with one attached hydrogen (secondary N) is 1. The quantitative estimate of drug-likeness (QED) is 0.495. The van der Waals surface area contributed by atoms with E-state index in [0.717, 1.165) is 0 Å². The Bertz CT molecular complexity index is 976. The van der Waals surface area contributed by atoms with Crippen LogP contribution >= 0.6 is 0 Å². The minimum Gasteiger partial charge on any atom is -0.492 e. The molecular formula is C21H20N2O5. The van der Waals surface area contributed by atoms with Crippen molar-refractivity contribution in [2.45, 2.75) is 20.0 Å². The van der Waals surface area contributed by atoms with Crippen LogP contribution in [0.4, 0.5) is 5.69 Å². The molecule has 3 rings (SSSR count). The summed E-state index contributed by atoms with van der Waals surface area (Å²) in [6.07, 6.45) is 1.58. The Hall–Kier alpha value is -3.61. The van der Waals surface area contributed by atoms with Gasteiger partial charge in [0.25, 0.3) is 5.91 Å². The van der Waals surface area contributed by atoms with Gasteiger partial charge in [0.05, 0.1) is 12.3 Å². The third-order valence-electron chi connectivity index (χ3n) is 3.78. The zero-order chi connectivity index (χ0) is 19.9. The van der Waals surface area contributed by atoms with E-state index in [2.05, 4.69) is 10.3 Å². The molecule has 0 saturated carbocycles. The number of rotatable bonds is 7. The number of esters is 1. The van der Waals surface area contributed by atoms with Crippen LogP contribution < -0.4 is 10.1 Å². The zero-order valence-corrected chi connectivity index (χ0v) is 15.5. The maximum atomic E-state index is 12.3. The Morgan fingerprint density at radius 3 is 2.71 bits per heavy atom. The van der Waals surface area contributed by atoms with Crippen LogP contribution in [0.25, 0.3) is 17.2 Å². The molecule has 7 nitrogen and oxygen atoms in total. The van der Waals surface area contributed by atoms with Gasteiger partial charge in [0.15, 0.2) is 11.7 Å².